The molecule has 3 heterocycles. The Kier molecular flexibility index (Phi) is 5.56. The fraction of sp³-hybridized carbons (Fsp3) is 0.421. The number of aryl methyl sites for hydroxylation is 1. The van der Waals surface area contributed by atoms with Crippen LogP contribution in [0.4, 0.5) is 13.6 Å². The van der Waals surface area contributed by atoms with Gasteiger partial charge in [0, 0.05) is 26.2 Å². The van der Waals surface area contributed by atoms with Gasteiger partial charge in [-0.05, 0) is 31.5 Å². The molecule has 2 aromatic heterocycles. The molecule has 1 aromatic carbocycles. The van der Waals surface area contributed by atoms with Gasteiger partial charge in [-0.15, -0.1) is 5.10 Å². The molecule has 1 aliphatic rings. The number of halogens is 2. The minimum absolute atomic E-state index is 0.0850. The zero-order valence-corrected chi connectivity index (χ0v) is 17.3. The van der Waals surface area contributed by atoms with Gasteiger partial charge in [-0.1, -0.05) is 17.4 Å². The maximum Gasteiger partial charge on any atom is 0.409 e. The summed E-state index contributed by atoms with van der Waals surface area (Å²) in [7, 11) is 0. The molecule has 0 spiro atoms. The SMILES string of the molecule is CCOC(=O)N1CCN([C@@H](c2ccc(F)c(F)c2)c2sc3nc(C)nn3c2O)CC1. The lowest BCUT2D eigenvalue weighted by atomic mass is 10.0. The molecule has 1 atom stereocenters. The first-order chi connectivity index (χ1) is 14.4. The highest BCUT2D eigenvalue weighted by Gasteiger charge is 2.33. The fourth-order valence-corrected chi connectivity index (χ4v) is 4.78. The molecular formula is C19H21F2N5O3S. The highest BCUT2D eigenvalue weighted by atomic mass is 32.1. The summed E-state index contributed by atoms with van der Waals surface area (Å²) in [5.74, 6) is -1.46. The molecular weight excluding hydrogens is 416 g/mol. The molecule has 4 rings (SSSR count). The topological polar surface area (TPSA) is 83.2 Å². The Hall–Kier alpha value is -2.79. The zero-order chi connectivity index (χ0) is 21.4. The molecule has 160 valence electrons. The van der Waals surface area contributed by atoms with Crippen molar-refractivity contribution in [2.24, 2.45) is 0 Å². The molecule has 8 nitrogen and oxygen atoms in total. The predicted octanol–water partition coefficient (Wildman–Crippen LogP) is 2.95. The van der Waals surface area contributed by atoms with Gasteiger partial charge in [0.2, 0.25) is 10.8 Å². The number of nitrogens with zero attached hydrogens (tertiary/aromatic N) is 5. The van der Waals surface area contributed by atoms with E-state index in [9.17, 15) is 18.7 Å². The van der Waals surface area contributed by atoms with E-state index in [4.69, 9.17) is 4.74 Å². The van der Waals surface area contributed by atoms with Gasteiger partial charge >= 0.3 is 6.09 Å². The van der Waals surface area contributed by atoms with E-state index in [1.807, 2.05) is 4.90 Å². The van der Waals surface area contributed by atoms with E-state index >= 15 is 0 Å². The number of amides is 1. The molecule has 0 bridgehead atoms. The first-order valence-corrected chi connectivity index (χ1v) is 10.4. The van der Waals surface area contributed by atoms with E-state index in [0.29, 0.717) is 54.0 Å². The Morgan fingerprint density at radius 3 is 2.63 bits per heavy atom. The van der Waals surface area contributed by atoms with E-state index in [2.05, 4.69) is 10.1 Å². The molecule has 3 aromatic rings. The zero-order valence-electron chi connectivity index (χ0n) is 16.5. The van der Waals surface area contributed by atoms with Crippen LogP contribution >= 0.6 is 11.3 Å². The van der Waals surface area contributed by atoms with Crippen LogP contribution in [0.3, 0.4) is 0 Å². The Morgan fingerprint density at radius 1 is 1.27 bits per heavy atom. The van der Waals surface area contributed by atoms with E-state index < -0.39 is 17.7 Å². The van der Waals surface area contributed by atoms with Crippen molar-refractivity contribution in [2.75, 3.05) is 32.8 Å². The van der Waals surface area contributed by atoms with Gasteiger partial charge in [0.1, 0.15) is 5.82 Å². The third-order valence-corrected chi connectivity index (χ3v) is 6.09. The first-order valence-electron chi connectivity index (χ1n) is 9.54. The highest BCUT2D eigenvalue weighted by molar-refractivity contribution is 7.17. The highest BCUT2D eigenvalue weighted by Crippen LogP contribution is 2.40. The number of carbonyl (C=O) groups is 1. The van der Waals surface area contributed by atoms with Crippen LogP contribution in [0, 0.1) is 18.6 Å². The normalized spacial score (nSPS) is 16.2. The maximum atomic E-state index is 14.0. The van der Waals surface area contributed by atoms with Crippen molar-refractivity contribution >= 4 is 22.4 Å². The summed E-state index contributed by atoms with van der Waals surface area (Å²) in [5.41, 5.74) is 0.495. The number of aromatic hydroxyl groups is 1. The molecule has 11 heteroatoms. The number of benzene rings is 1. The van der Waals surface area contributed by atoms with E-state index in [1.54, 1.807) is 18.7 Å². The second kappa shape index (κ2) is 8.15. The molecule has 1 aliphatic heterocycles. The first kappa shape index (κ1) is 20.5. The van der Waals surface area contributed by atoms with Gasteiger partial charge in [0.15, 0.2) is 11.6 Å². The molecule has 0 aliphatic carbocycles. The second-order valence-electron chi connectivity index (χ2n) is 6.94. The van der Waals surface area contributed by atoms with Crippen molar-refractivity contribution in [3.05, 3.63) is 46.1 Å². The third kappa shape index (κ3) is 3.70. The van der Waals surface area contributed by atoms with Gasteiger partial charge in [0.25, 0.3) is 0 Å². The van der Waals surface area contributed by atoms with Gasteiger partial charge < -0.3 is 14.7 Å². The largest absolute Gasteiger partial charge is 0.492 e. The molecule has 1 fully saturated rings. The Bertz CT molecular complexity index is 1080. The van der Waals surface area contributed by atoms with E-state index in [1.165, 1.54) is 21.9 Å². The van der Waals surface area contributed by atoms with Gasteiger partial charge in [-0.3, -0.25) is 4.90 Å². The molecule has 0 saturated carbocycles. The monoisotopic (exact) mass is 437 g/mol. The molecule has 1 N–H and O–H groups in total. The van der Waals surface area contributed by atoms with Crippen molar-refractivity contribution in [1.82, 2.24) is 24.4 Å². The number of thiazole rings is 1. The van der Waals surface area contributed by atoms with Crippen molar-refractivity contribution in [1.29, 1.82) is 0 Å². The molecule has 0 radical (unpaired) electrons. The lowest BCUT2D eigenvalue weighted by Gasteiger charge is -2.38. The van der Waals surface area contributed by atoms with Gasteiger partial charge in [-0.25, -0.2) is 18.6 Å². The second-order valence-corrected chi connectivity index (χ2v) is 7.95. The van der Waals surface area contributed by atoms with Crippen LogP contribution in [-0.2, 0) is 4.74 Å². The smallest absolute Gasteiger partial charge is 0.409 e. The minimum Gasteiger partial charge on any atom is -0.492 e. The minimum atomic E-state index is -0.961. The summed E-state index contributed by atoms with van der Waals surface area (Å²) in [6, 6.07) is 3.17. The predicted molar refractivity (Wildman–Crippen MR) is 106 cm³/mol. The molecule has 1 amide bonds. The number of hydrogen-bond acceptors (Lipinski definition) is 7. The van der Waals surface area contributed by atoms with Crippen LogP contribution in [0.5, 0.6) is 5.88 Å². The Labute approximate surface area is 175 Å². The Balaban J connectivity index is 1.69. The third-order valence-electron chi connectivity index (χ3n) is 5.02. The number of hydrogen-bond donors (Lipinski definition) is 1. The molecule has 30 heavy (non-hydrogen) atoms. The van der Waals surface area contributed by atoms with Crippen LogP contribution in [0.2, 0.25) is 0 Å². The number of piperazine rings is 1. The van der Waals surface area contributed by atoms with Crippen LogP contribution < -0.4 is 0 Å². The summed E-state index contributed by atoms with van der Waals surface area (Å²) in [6.45, 7) is 5.54. The van der Waals surface area contributed by atoms with E-state index in [-0.39, 0.29) is 12.0 Å². The van der Waals surface area contributed by atoms with Crippen LogP contribution in [0.25, 0.3) is 4.96 Å². The summed E-state index contributed by atoms with van der Waals surface area (Å²) < 4.78 is 34.0. The van der Waals surface area contributed by atoms with Crippen molar-refractivity contribution in [3.8, 4) is 5.88 Å². The van der Waals surface area contributed by atoms with E-state index in [0.717, 1.165) is 12.1 Å². The van der Waals surface area contributed by atoms with Crippen molar-refractivity contribution < 1.29 is 23.4 Å². The average Bonchev–Trinajstić information content (AvgIpc) is 3.23. The van der Waals surface area contributed by atoms with Crippen molar-refractivity contribution in [3.63, 3.8) is 0 Å². The molecule has 0 unspecified atom stereocenters. The van der Waals surface area contributed by atoms with Gasteiger partial charge in [0.05, 0.1) is 17.5 Å². The average molecular weight is 437 g/mol. The molecule has 1 saturated heterocycles. The number of rotatable bonds is 4. The maximum absolute atomic E-state index is 14.0. The lowest BCUT2D eigenvalue weighted by Crippen LogP contribution is -2.50. The lowest BCUT2D eigenvalue weighted by molar-refractivity contribution is 0.0715. The number of ether oxygens (including phenoxy) is 1. The van der Waals surface area contributed by atoms with Crippen LogP contribution in [-0.4, -0.2) is 68.4 Å². The van der Waals surface area contributed by atoms with Crippen LogP contribution in [0.15, 0.2) is 18.2 Å². The Morgan fingerprint density at radius 2 is 2.00 bits per heavy atom. The fourth-order valence-electron chi connectivity index (χ4n) is 3.61. The number of aromatic nitrogens is 3. The number of fused-ring (bicyclic) bond motifs is 1. The van der Waals surface area contributed by atoms with Crippen molar-refractivity contribution in [2.45, 2.75) is 19.9 Å². The quantitative estimate of drug-likeness (QED) is 0.676. The summed E-state index contributed by atoms with van der Waals surface area (Å²) >= 11 is 1.24. The summed E-state index contributed by atoms with van der Waals surface area (Å²) in [5, 5.41) is 15.0. The number of carbonyl (C=O) groups excluding carboxylic acids is 1. The van der Waals surface area contributed by atoms with Crippen LogP contribution in [0.1, 0.15) is 29.2 Å². The standard InChI is InChI=1S/C19H21F2N5O3S/c1-3-29-19(28)25-8-6-24(7-9-25)15(12-4-5-13(20)14(21)10-12)16-17(27)26-18(30-16)22-11(2)23-26/h4-5,10,15,27H,3,6-9H2,1-2H3/t15-/m0/s1. The van der Waals surface area contributed by atoms with Gasteiger partial charge in [-0.2, -0.15) is 4.52 Å². The summed E-state index contributed by atoms with van der Waals surface area (Å²) in [4.78, 5) is 21.0. The summed E-state index contributed by atoms with van der Waals surface area (Å²) in [6.07, 6.45) is -0.376.